The number of para-hydroxylation sites is 1. The van der Waals surface area contributed by atoms with Crippen LogP contribution in [0.2, 0.25) is 0 Å². The van der Waals surface area contributed by atoms with Gasteiger partial charge in [-0.25, -0.2) is 4.98 Å². The van der Waals surface area contributed by atoms with E-state index in [1.165, 1.54) is 11.8 Å². The Hall–Kier alpha value is -2.64. The average Bonchev–Trinajstić information content (AvgIpc) is 3.58. The van der Waals surface area contributed by atoms with Crippen molar-refractivity contribution < 1.29 is 4.79 Å². The van der Waals surface area contributed by atoms with E-state index in [1.807, 2.05) is 56.6 Å². The lowest BCUT2D eigenvalue weighted by Gasteiger charge is -2.25. The molecule has 0 spiro atoms. The number of hydrogen-bond donors (Lipinski definition) is 1. The molecule has 0 aliphatic heterocycles. The van der Waals surface area contributed by atoms with Crippen molar-refractivity contribution in [2.24, 2.45) is 0 Å². The third kappa shape index (κ3) is 4.57. The van der Waals surface area contributed by atoms with E-state index in [1.54, 1.807) is 4.57 Å². The molecule has 1 amide bonds. The normalized spacial score (nSPS) is 14.8. The fraction of sp³-hybridized carbons (Fsp3) is 0.348. The molecule has 1 fully saturated rings. The van der Waals surface area contributed by atoms with E-state index < -0.39 is 0 Å². The highest BCUT2D eigenvalue weighted by atomic mass is 32.2. The number of fused-ring (bicyclic) bond motifs is 1. The lowest BCUT2D eigenvalue weighted by Crippen LogP contribution is -2.35. The maximum absolute atomic E-state index is 12.9. The molecule has 1 heterocycles. The Bertz CT molecular complexity index is 1090. The lowest BCUT2D eigenvalue weighted by atomic mass is 10.1. The summed E-state index contributed by atoms with van der Waals surface area (Å²) in [6.45, 7) is 0.525. The van der Waals surface area contributed by atoms with Crippen molar-refractivity contribution in [1.29, 1.82) is 0 Å². The van der Waals surface area contributed by atoms with Crippen LogP contribution in [0, 0.1) is 0 Å². The van der Waals surface area contributed by atoms with E-state index in [2.05, 4.69) is 27.3 Å². The molecule has 0 bridgehead atoms. The Kier molecular flexibility index (Phi) is 6.20. The molecule has 30 heavy (non-hydrogen) atoms. The number of nitrogens with one attached hydrogen (secondary N) is 1. The van der Waals surface area contributed by atoms with E-state index >= 15 is 0 Å². The molecule has 1 aromatic heterocycles. The van der Waals surface area contributed by atoms with Crippen molar-refractivity contribution in [2.45, 2.75) is 30.1 Å². The van der Waals surface area contributed by atoms with Gasteiger partial charge in [0, 0.05) is 12.6 Å². The zero-order chi connectivity index (χ0) is 21.1. The second-order valence-electron chi connectivity index (χ2n) is 7.80. The van der Waals surface area contributed by atoms with E-state index in [-0.39, 0.29) is 29.3 Å². The van der Waals surface area contributed by atoms with Gasteiger partial charge in [-0.05, 0) is 44.6 Å². The zero-order valence-corrected chi connectivity index (χ0v) is 18.1. The van der Waals surface area contributed by atoms with E-state index in [4.69, 9.17) is 0 Å². The average molecular weight is 423 g/mol. The summed E-state index contributed by atoms with van der Waals surface area (Å²) in [6, 6.07) is 17.8. The Morgan fingerprint density at radius 1 is 1.17 bits per heavy atom. The second kappa shape index (κ2) is 9.02. The van der Waals surface area contributed by atoms with Gasteiger partial charge in [-0.2, -0.15) is 0 Å². The first-order chi connectivity index (χ1) is 14.5. The van der Waals surface area contributed by atoms with Crippen LogP contribution in [0.1, 0.15) is 30.5 Å². The molecule has 6 nitrogen and oxygen atoms in total. The fourth-order valence-corrected chi connectivity index (χ4v) is 4.44. The molecule has 1 saturated carbocycles. The standard InChI is InChI=1S/C23H26N4O2S/c1-26(2)20(16-8-4-3-5-9-16)14-24-21(28)15-30-23-25-19-11-7-6-10-18(19)22(29)27(23)17-12-13-17/h3-11,17,20H,12-15H2,1-2H3,(H,24,28)/t20-/m0/s1. The van der Waals surface area contributed by atoms with Crippen LogP contribution in [-0.4, -0.2) is 46.8 Å². The molecule has 2 aromatic carbocycles. The van der Waals surface area contributed by atoms with Crippen molar-refractivity contribution in [3.05, 3.63) is 70.5 Å². The minimum Gasteiger partial charge on any atom is -0.353 e. The van der Waals surface area contributed by atoms with Crippen molar-refractivity contribution in [3.8, 4) is 0 Å². The summed E-state index contributed by atoms with van der Waals surface area (Å²) in [5, 5.41) is 4.29. The summed E-state index contributed by atoms with van der Waals surface area (Å²) in [4.78, 5) is 32.3. The molecule has 1 atom stereocenters. The topological polar surface area (TPSA) is 67.2 Å². The molecule has 3 aromatic rings. The van der Waals surface area contributed by atoms with Crippen LogP contribution in [-0.2, 0) is 4.79 Å². The monoisotopic (exact) mass is 422 g/mol. The fourth-order valence-electron chi connectivity index (χ4n) is 3.55. The zero-order valence-electron chi connectivity index (χ0n) is 17.2. The van der Waals surface area contributed by atoms with Crippen LogP contribution in [0.4, 0.5) is 0 Å². The Morgan fingerprint density at radius 2 is 1.87 bits per heavy atom. The van der Waals surface area contributed by atoms with Gasteiger partial charge in [-0.3, -0.25) is 14.2 Å². The Morgan fingerprint density at radius 3 is 2.57 bits per heavy atom. The summed E-state index contributed by atoms with van der Waals surface area (Å²) in [7, 11) is 4.01. The summed E-state index contributed by atoms with van der Waals surface area (Å²) in [5.74, 6) is 0.166. The number of benzene rings is 2. The van der Waals surface area contributed by atoms with Gasteiger partial charge in [-0.15, -0.1) is 0 Å². The smallest absolute Gasteiger partial charge is 0.262 e. The second-order valence-corrected chi connectivity index (χ2v) is 8.74. The van der Waals surface area contributed by atoms with Crippen LogP contribution in [0.25, 0.3) is 10.9 Å². The van der Waals surface area contributed by atoms with Crippen LogP contribution >= 0.6 is 11.8 Å². The molecule has 1 aliphatic carbocycles. The summed E-state index contributed by atoms with van der Waals surface area (Å²) < 4.78 is 1.77. The highest BCUT2D eigenvalue weighted by molar-refractivity contribution is 7.99. The van der Waals surface area contributed by atoms with Gasteiger partial charge in [0.25, 0.3) is 5.56 Å². The number of amides is 1. The van der Waals surface area contributed by atoms with Gasteiger partial charge in [-0.1, -0.05) is 54.2 Å². The number of aromatic nitrogens is 2. The molecule has 0 unspecified atom stereocenters. The van der Waals surface area contributed by atoms with Crippen molar-refractivity contribution >= 4 is 28.6 Å². The molecule has 0 saturated heterocycles. The number of nitrogens with zero attached hydrogens (tertiary/aromatic N) is 3. The minimum absolute atomic E-state index is 0.0113. The third-order valence-corrected chi connectivity index (χ3v) is 6.27. The van der Waals surface area contributed by atoms with Gasteiger partial charge in [0.1, 0.15) is 0 Å². The van der Waals surface area contributed by atoms with Crippen molar-refractivity contribution in [1.82, 2.24) is 19.8 Å². The number of hydrogen-bond acceptors (Lipinski definition) is 5. The first-order valence-electron chi connectivity index (χ1n) is 10.2. The summed E-state index contributed by atoms with van der Waals surface area (Å²) >= 11 is 1.33. The number of carbonyl (C=O) groups is 1. The van der Waals surface area contributed by atoms with Gasteiger partial charge in [0.2, 0.25) is 5.91 Å². The first-order valence-corrected chi connectivity index (χ1v) is 11.2. The SMILES string of the molecule is CN(C)[C@@H](CNC(=O)CSc1nc2ccccc2c(=O)n1C1CC1)c1ccccc1. The molecule has 7 heteroatoms. The third-order valence-electron chi connectivity index (χ3n) is 5.32. The molecule has 0 radical (unpaired) electrons. The van der Waals surface area contributed by atoms with E-state index in [9.17, 15) is 9.59 Å². The Balaban J connectivity index is 1.44. The maximum atomic E-state index is 12.9. The Labute approximate surface area is 180 Å². The number of thioether (sulfide) groups is 1. The number of rotatable bonds is 8. The molecular weight excluding hydrogens is 396 g/mol. The van der Waals surface area contributed by atoms with Gasteiger partial charge < -0.3 is 10.2 Å². The first kappa shape index (κ1) is 20.6. The molecule has 4 rings (SSSR count). The van der Waals surface area contributed by atoms with Gasteiger partial charge in [0.15, 0.2) is 5.16 Å². The highest BCUT2D eigenvalue weighted by Crippen LogP contribution is 2.36. The number of likely N-dealkylation sites (N-methyl/N-ethyl adjacent to an activating group) is 1. The number of carbonyl (C=O) groups excluding carboxylic acids is 1. The predicted octanol–water partition coefficient (Wildman–Crippen LogP) is 3.24. The maximum Gasteiger partial charge on any atom is 0.262 e. The van der Waals surface area contributed by atoms with E-state index in [0.29, 0.717) is 22.6 Å². The predicted molar refractivity (Wildman–Crippen MR) is 121 cm³/mol. The lowest BCUT2D eigenvalue weighted by molar-refractivity contribution is -0.118. The van der Waals surface area contributed by atoms with Crippen LogP contribution in [0.3, 0.4) is 0 Å². The van der Waals surface area contributed by atoms with E-state index in [0.717, 1.165) is 18.4 Å². The van der Waals surface area contributed by atoms with Crippen LogP contribution < -0.4 is 10.9 Å². The van der Waals surface area contributed by atoms with Gasteiger partial charge >= 0.3 is 0 Å². The minimum atomic E-state index is -0.0625. The van der Waals surface area contributed by atoms with Crippen LogP contribution in [0.5, 0.6) is 0 Å². The summed E-state index contributed by atoms with van der Waals surface area (Å²) in [5.41, 5.74) is 1.83. The quantitative estimate of drug-likeness (QED) is 0.446. The molecule has 1 N–H and O–H groups in total. The van der Waals surface area contributed by atoms with Gasteiger partial charge in [0.05, 0.1) is 22.7 Å². The molecule has 156 valence electrons. The largest absolute Gasteiger partial charge is 0.353 e. The molecular formula is C23H26N4O2S. The highest BCUT2D eigenvalue weighted by Gasteiger charge is 2.28. The van der Waals surface area contributed by atoms with Crippen molar-refractivity contribution in [3.63, 3.8) is 0 Å². The van der Waals surface area contributed by atoms with Crippen molar-refractivity contribution in [2.75, 3.05) is 26.4 Å². The van der Waals surface area contributed by atoms with Crippen LogP contribution in [0.15, 0.2) is 64.5 Å². The summed E-state index contributed by atoms with van der Waals surface area (Å²) in [6.07, 6.45) is 1.97. The molecule has 1 aliphatic rings.